The molecule has 0 bridgehead atoms. The van der Waals surface area contributed by atoms with E-state index in [2.05, 4.69) is 25.7 Å². The average Bonchev–Trinajstić information content (AvgIpc) is 2.09. The molecule has 1 rings (SSSR count). The molecule has 3 nitrogen and oxygen atoms in total. The molecule has 0 aromatic carbocycles. The predicted molar refractivity (Wildman–Crippen MR) is 43.3 cm³/mol. The summed E-state index contributed by atoms with van der Waals surface area (Å²) in [5.41, 5.74) is -0.642. The minimum Gasteiger partial charge on any atom is -0.401 e. The Morgan fingerprint density at radius 2 is 2.07 bits per heavy atom. The van der Waals surface area contributed by atoms with Crippen LogP contribution in [0, 0.1) is 17.1 Å². The number of nitriles is 1. The van der Waals surface area contributed by atoms with Gasteiger partial charge in [-0.15, -0.1) is 13.2 Å². The van der Waals surface area contributed by atoms with Crippen LogP contribution in [0.25, 0.3) is 0 Å². The summed E-state index contributed by atoms with van der Waals surface area (Å²) in [5, 5.41) is 8.43. The number of halogens is 5. The van der Waals surface area contributed by atoms with Crippen LogP contribution in [0.15, 0.2) is 10.8 Å². The second kappa shape index (κ2) is 4.02. The van der Waals surface area contributed by atoms with E-state index < -0.39 is 23.5 Å². The molecule has 0 radical (unpaired) electrons. The predicted octanol–water partition coefficient (Wildman–Crippen LogP) is 2.75. The lowest BCUT2D eigenvalue weighted by atomic mass is 10.3. The van der Waals surface area contributed by atoms with Crippen LogP contribution in [0.3, 0.4) is 0 Å². The third-order valence-corrected chi connectivity index (χ3v) is 1.88. The van der Waals surface area contributed by atoms with Gasteiger partial charge >= 0.3 is 6.36 Å². The lowest BCUT2D eigenvalue weighted by molar-refractivity contribution is -0.275. The highest BCUT2D eigenvalue weighted by Crippen LogP contribution is 2.28. The fourth-order valence-electron chi connectivity index (χ4n) is 0.741. The van der Waals surface area contributed by atoms with Crippen molar-refractivity contribution in [3.05, 3.63) is 22.2 Å². The van der Waals surface area contributed by atoms with Crippen LogP contribution in [-0.4, -0.2) is 11.3 Å². The van der Waals surface area contributed by atoms with Gasteiger partial charge in [0.2, 0.25) is 0 Å². The van der Waals surface area contributed by atoms with Gasteiger partial charge in [-0.3, -0.25) is 0 Å². The molecule has 0 aliphatic rings. The molecule has 0 atom stereocenters. The maximum absolute atomic E-state index is 13.1. The van der Waals surface area contributed by atoms with E-state index in [9.17, 15) is 17.6 Å². The van der Waals surface area contributed by atoms with Gasteiger partial charge in [-0.25, -0.2) is 9.37 Å². The summed E-state index contributed by atoms with van der Waals surface area (Å²) in [6.07, 6.45) is -4.49. The molecule has 0 N–H and O–H groups in total. The number of aromatic nitrogens is 1. The van der Waals surface area contributed by atoms with Gasteiger partial charge in [0.25, 0.3) is 0 Å². The zero-order valence-electron chi connectivity index (χ0n) is 6.77. The molecular formula is C7HBrF4N2O. The smallest absolute Gasteiger partial charge is 0.401 e. The number of pyridine rings is 1. The van der Waals surface area contributed by atoms with Crippen LogP contribution >= 0.6 is 15.9 Å². The average molecular weight is 285 g/mol. The van der Waals surface area contributed by atoms with E-state index in [0.717, 1.165) is 0 Å². The van der Waals surface area contributed by atoms with E-state index >= 15 is 0 Å². The maximum Gasteiger partial charge on any atom is 0.573 e. The maximum atomic E-state index is 13.1. The molecule has 0 spiro atoms. The Kier molecular flexibility index (Phi) is 3.14. The van der Waals surface area contributed by atoms with Crippen molar-refractivity contribution in [2.45, 2.75) is 6.36 Å². The first-order valence-corrected chi connectivity index (χ1v) is 4.14. The van der Waals surface area contributed by atoms with Gasteiger partial charge in [0, 0.05) is 0 Å². The van der Waals surface area contributed by atoms with Crippen LogP contribution in [0.5, 0.6) is 5.75 Å². The first kappa shape index (κ1) is 11.7. The SMILES string of the molecule is N#Cc1c(Br)ncc(OC(F)(F)F)c1F. The molecule has 0 fully saturated rings. The van der Waals surface area contributed by atoms with Crippen molar-refractivity contribution in [3.63, 3.8) is 0 Å². The van der Waals surface area contributed by atoms with E-state index in [-0.39, 0.29) is 4.60 Å². The van der Waals surface area contributed by atoms with E-state index in [1.807, 2.05) is 0 Å². The number of hydrogen-bond acceptors (Lipinski definition) is 3. The number of ether oxygens (including phenoxy) is 1. The highest BCUT2D eigenvalue weighted by Gasteiger charge is 2.33. The summed E-state index contributed by atoms with van der Waals surface area (Å²) in [6, 6.07) is 1.36. The van der Waals surface area contributed by atoms with Gasteiger partial charge in [-0.2, -0.15) is 5.26 Å². The summed E-state index contributed by atoms with van der Waals surface area (Å²) in [5.74, 6) is -2.54. The largest absolute Gasteiger partial charge is 0.573 e. The molecule has 15 heavy (non-hydrogen) atoms. The number of nitrogens with zero attached hydrogens (tertiary/aromatic N) is 2. The molecule has 1 aromatic rings. The molecular weight excluding hydrogens is 284 g/mol. The third-order valence-electron chi connectivity index (χ3n) is 1.27. The van der Waals surface area contributed by atoms with Gasteiger partial charge in [0.1, 0.15) is 16.2 Å². The Morgan fingerprint density at radius 1 is 1.47 bits per heavy atom. The van der Waals surface area contributed by atoms with E-state index in [1.54, 1.807) is 0 Å². The second-order valence-corrected chi connectivity index (χ2v) is 3.01. The topological polar surface area (TPSA) is 45.9 Å². The van der Waals surface area contributed by atoms with Crippen molar-refractivity contribution in [2.75, 3.05) is 0 Å². The van der Waals surface area contributed by atoms with Crippen molar-refractivity contribution in [2.24, 2.45) is 0 Å². The Morgan fingerprint density at radius 3 is 2.53 bits per heavy atom. The fourth-order valence-corrected chi connectivity index (χ4v) is 1.11. The van der Waals surface area contributed by atoms with Crippen molar-refractivity contribution in [3.8, 4) is 11.8 Å². The van der Waals surface area contributed by atoms with Gasteiger partial charge in [0.05, 0.1) is 6.20 Å². The Labute approximate surface area is 89.4 Å². The molecule has 0 aliphatic heterocycles. The Bertz CT molecular complexity index is 426. The lowest BCUT2D eigenvalue weighted by Crippen LogP contribution is -2.18. The van der Waals surface area contributed by atoms with Crippen LogP contribution in [-0.2, 0) is 0 Å². The van der Waals surface area contributed by atoms with Crippen molar-refractivity contribution in [1.82, 2.24) is 4.98 Å². The van der Waals surface area contributed by atoms with Crippen LogP contribution in [0.2, 0.25) is 0 Å². The minimum absolute atomic E-state index is 0.183. The fraction of sp³-hybridized carbons (Fsp3) is 0.143. The van der Waals surface area contributed by atoms with Crippen molar-refractivity contribution < 1.29 is 22.3 Å². The van der Waals surface area contributed by atoms with Crippen LogP contribution in [0.4, 0.5) is 17.6 Å². The Balaban J connectivity index is 3.18. The molecule has 0 aliphatic carbocycles. The quantitative estimate of drug-likeness (QED) is 0.588. The molecule has 0 amide bonds. The molecule has 8 heteroatoms. The number of rotatable bonds is 1. The van der Waals surface area contributed by atoms with Gasteiger partial charge < -0.3 is 4.74 Å². The van der Waals surface area contributed by atoms with Gasteiger partial charge in [0.15, 0.2) is 11.6 Å². The van der Waals surface area contributed by atoms with Crippen molar-refractivity contribution >= 4 is 15.9 Å². The summed E-state index contributed by atoms with van der Waals surface area (Å²) in [6.45, 7) is 0. The molecule has 0 saturated carbocycles. The summed E-state index contributed by atoms with van der Waals surface area (Å²) >= 11 is 2.71. The third kappa shape index (κ3) is 2.79. The molecule has 80 valence electrons. The zero-order chi connectivity index (χ0) is 11.6. The second-order valence-electron chi connectivity index (χ2n) is 2.26. The summed E-state index contributed by atoms with van der Waals surface area (Å²) in [7, 11) is 0. The van der Waals surface area contributed by atoms with Crippen LogP contribution in [0.1, 0.15) is 5.56 Å². The summed E-state index contributed by atoms with van der Waals surface area (Å²) < 4.78 is 51.5. The highest BCUT2D eigenvalue weighted by molar-refractivity contribution is 9.10. The zero-order valence-corrected chi connectivity index (χ0v) is 8.36. The van der Waals surface area contributed by atoms with E-state index in [4.69, 9.17) is 5.26 Å². The van der Waals surface area contributed by atoms with Crippen molar-refractivity contribution in [1.29, 1.82) is 5.26 Å². The van der Waals surface area contributed by atoms with Crippen LogP contribution < -0.4 is 4.74 Å². The summed E-state index contributed by atoms with van der Waals surface area (Å²) in [4.78, 5) is 3.32. The van der Waals surface area contributed by atoms with E-state index in [1.165, 1.54) is 6.07 Å². The highest BCUT2D eigenvalue weighted by atomic mass is 79.9. The van der Waals surface area contributed by atoms with Gasteiger partial charge in [-0.05, 0) is 15.9 Å². The minimum atomic E-state index is -5.02. The first-order valence-electron chi connectivity index (χ1n) is 3.35. The molecule has 1 heterocycles. The van der Waals surface area contributed by atoms with E-state index in [0.29, 0.717) is 6.20 Å². The number of hydrogen-bond donors (Lipinski definition) is 0. The lowest BCUT2D eigenvalue weighted by Gasteiger charge is -2.09. The Hall–Kier alpha value is -1.36. The molecule has 0 unspecified atom stereocenters. The first-order chi connectivity index (χ1) is 6.85. The normalized spacial score (nSPS) is 10.9. The number of alkyl halides is 3. The van der Waals surface area contributed by atoms with Gasteiger partial charge in [-0.1, -0.05) is 0 Å². The monoisotopic (exact) mass is 284 g/mol. The molecule has 0 saturated heterocycles. The standard InChI is InChI=1S/C7HBrF4N2O/c8-6-3(1-13)5(9)4(2-14-6)15-7(10,11)12/h2H. The molecule has 1 aromatic heterocycles.